The predicted molar refractivity (Wildman–Crippen MR) is 137 cm³/mol. The van der Waals surface area contributed by atoms with Gasteiger partial charge in [-0.15, -0.1) is 0 Å². The number of nitrogens with zero attached hydrogens (tertiary/aromatic N) is 1. The van der Waals surface area contributed by atoms with Crippen molar-refractivity contribution in [3.05, 3.63) is 71.0 Å². The first-order valence-corrected chi connectivity index (χ1v) is 13.0. The molecule has 0 saturated carbocycles. The number of likely N-dealkylation sites (N-methyl/N-ethyl adjacent to an activating group) is 1. The maximum Gasteiger partial charge on any atom is 0.333 e. The SMILES string of the molecule is COc1ccc2c3c1O[C@@H]1C(OC(=O)[C@H](C)NC(=O)[C@@H](O)c4ccccc4)=CC[C@]4(O)[C@H](C2)N(C)CC[C@@]314. The number of likely N-dealkylation sites (tertiary alicyclic amines) is 1. The molecular weight excluding hydrogens is 488 g/mol. The van der Waals surface area contributed by atoms with Gasteiger partial charge in [0, 0.05) is 18.0 Å². The van der Waals surface area contributed by atoms with Gasteiger partial charge >= 0.3 is 5.97 Å². The van der Waals surface area contributed by atoms with E-state index < -0.39 is 41.1 Å². The summed E-state index contributed by atoms with van der Waals surface area (Å²) in [6, 6.07) is 11.3. The molecule has 2 bridgehead atoms. The summed E-state index contributed by atoms with van der Waals surface area (Å²) in [5, 5.41) is 25.2. The molecule has 1 fully saturated rings. The molecule has 0 radical (unpaired) electrons. The summed E-state index contributed by atoms with van der Waals surface area (Å²) >= 11 is 0. The number of aliphatic hydroxyl groups excluding tert-OH is 1. The van der Waals surface area contributed by atoms with Gasteiger partial charge in [0.05, 0.1) is 18.1 Å². The zero-order valence-electron chi connectivity index (χ0n) is 21.6. The molecule has 0 unspecified atom stereocenters. The molecule has 0 aromatic heterocycles. The molecule has 2 aromatic rings. The molecule has 6 rings (SSSR count). The number of methoxy groups -OCH3 is 1. The number of carbonyl (C=O) groups excluding carboxylic acids is 2. The largest absolute Gasteiger partial charge is 0.493 e. The van der Waals surface area contributed by atoms with Crippen molar-refractivity contribution in [3.63, 3.8) is 0 Å². The van der Waals surface area contributed by atoms with E-state index in [9.17, 15) is 19.8 Å². The van der Waals surface area contributed by atoms with Crippen molar-refractivity contribution in [2.24, 2.45) is 0 Å². The second kappa shape index (κ2) is 8.83. The number of aliphatic hydroxyl groups is 2. The van der Waals surface area contributed by atoms with Gasteiger partial charge in [-0.2, -0.15) is 0 Å². The first-order valence-electron chi connectivity index (χ1n) is 13.0. The van der Waals surface area contributed by atoms with Crippen LogP contribution in [-0.2, 0) is 26.2 Å². The third-order valence-corrected chi connectivity index (χ3v) is 8.85. The number of piperidine rings is 1. The third-order valence-electron chi connectivity index (χ3n) is 8.85. The van der Waals surface area contributed by atoms with Crippen LogP contribution in [0.4, 0.5) is 0 Å². The van der Waals surface area contributed by atoms with Crippen LogP contribution in [0, 0.1) is 0 Å². The van der Waals surface area contributed by atoms with Gasteiger partial charge in [-0.1, -0.05) is 36.4 Å². The molecule has 9 nitrogen and oxygen atoms in total. The summed E-state index contributed by atoms with van der Waals surface area (Å²) in [4.78, 5) is 27.9. The Hall–Kier alpha value is -3.40. The number of nitrogens with one attached hydrogen (secondary N) is 1. The Labute approximate surface area is 221 Å². The topological polar surface area (TPSA) is 118 Å². The quantitative estimate of drug-likeness (QED) is 0.494. The van der Waals surface area contributed by atoms with E-state index in [1.807, 2.05) is 19.2 Å². The Balaban J connectivity index is 1.28. The van der Waals surface area contributed by atoms with Crippen LogP contribution >= 0.6 is 0 Å². The Bertz CT molecular complexity index is 1330. The predicted octanol–water partition coefficient (Wildman–Crippen LogP) is 1.75. The summed E-state index contributed by atoms with van der Waals surface area (Å²) in [6.45, 7) is 2.27. The zero-order chi connectivity index (χ0) is 26.8. The van der Waals surface area contributed by atoms with E-state index in [0.717, 1.165) is 17.7 Å². The molecule has 2 aliphatic heterocycles. The molecule has 9 heteroatoms. The van der Waals surface area contributed by atoms with E-state index in [1.165, 1.54) is 6.92 Å². The minimum Gasteiger partial charge on any atom is -0.493 e. The van der Waals surface area contributed by atoms with Gasteiger partial charge < -0.3 is 34.6 Å². The summed E-state index contributed by atoms with van der Waals surface area (Å²) in [5.74, 6) is 0.106. The van der Waals surface area contributed by atoms with Crippen LogP contribution in [-0.4, -0.2) is 71.5 Å². The number of carbonyl (C=O) groups is 2. The number of amides is 1. The van der Waals surface area contributed by atoms with Crippen LogP contribution in [0.25, 0.3) is 0 Å². The van der Waals surface area contributed by atoms with Gasteiger partial charge in [-0.05, 0) is 56.6 Å². The molecule has 3 N–H and O–H groups in total. The molecule has 2 heterocycles. The lowest BCUT2D eigenvalue weighted by Gasteiger charge is -2.61. The maximum absolute atomic E-state index is 13.1. The zero-order valence-corrected chi connectivity index (χ0v) is 21.6. The molecule has 2 aliphatic carbocycles. The fraction of sp³-hybridized carbons (Fsp3) is 0.448. The highest BCUT2D eigenvalue weighted by Gasteiger charge is 2.72. The fourth-order valence-electron chi connectivity index (χ4n) is 6.93. The van der Waals surface area contributed by atoms with E-state index in [2.05, 4.69) is 10.2 Å². The molecule has 38 heavy (non-hydrogen) atoms. The normalized spacial score (nSPS) is 30.3. The summed E-state index contributed by atoms with van der Waals surface area (Å²) in [7, 11) is 3.61. The van der Waals surface area contributed by atoms with Crippen molar-refractivity contribution in [1.82, 2.24) is 10.2 Å². The lowest BCUT2D eigenvalue weighted by Crippen LogP contribution is -2.74. The Kier molecular flexibility index (Phi) is 5.79. The Morgan fingerprint density at radius 2 is 1.97 bits per heavy atom. The second-order valence-corrected chi connectivity index (χ2v) is 10.8. The van der Waals surface area contributed by atoms with Crippen LogP contribution in [0.1, 0.15) is 42.6 Å². The molecule has 1 spiro atoms. The second-order valence-electron chi connectivity index (χ2n) is 10.8. The van der Waals surface area contributed by atoms with Crippen molar-refractivity contribution in [2.45, 2.75) is 61.5 Å². The fourth-order valence-corrected chi connectivity index (χ4v) is 6.93. The van der Waals surface area contributed by atoms with Crippen molar-refractivity contribution >= 4 is 11.9 Å². The number of benzene rings is 2. The van der Waals surface area contributed by atoms with Gasteiger partial charge in [0.15, 0.2) is 23.7 Å². The highest BCUT2D eigenvalue weighted by atomic mass is 16.6. The number of esters is 1. The monoisotopic (exact) mass is 520 g/mol. The summed E-state index contributed by atoms with van der Waals surface area (Å²) in [6.07, 6.45) is 1.22. The third kappa shape index (κ3) is 3.35. The van der Waals surface area contributed by atoms with Crippen LogP contribution in [0.2, 0.25) is 0 Å². The van der Waals surface area contributed by atoms with E-state index in [4.69, 9.17) is 14.2 Å². The van der Waals surface area contributed by atoms with E-state index in [1.54, 1.807) is 43.5 Å². The van der Waals surface area contributed by atoms with Crippen LogP contribution in [0.15, 0.2) is 54.3 Å². The van der Waals surface area contributed by atoms with Gasteiger partial charge in [0.1, 0.15) is 11.8 Å². The average Bonchev–Trinajstić information content (AvgIpc) is 3.28. The van der Waals surface area contributed by atoms with Gasteiger partial charge in [-0.3, -0.25) is 4.79 Å². The highest BCUT2D eigenvalue weighted by Crippen LogP contribution is 2.65. The average molecular weight is 521 g/mol. The molecule has 1 amide bonds. The molecule has 1 saturated heterocycles. The van der Waals surface area contributed by atoms with E-state index in [-0.39, 0.29) is 6.04 Å². The molecule has 4 aliphatic rings. The highest BCUT2D eigenvalue weighted by molar-refractivity contribution is 5.87. The molecular formula is C29H32N2O7. The van der Waals surface area contributed by atoms with E-state index in [0.29, 0.717) is 42.1 Å². The van der Waals surface area contributed by atoms with Crippen molar-refractivity contribution in [2.75, 3.05) is 20.7 Å². The minimum atomic E-state index is -1.41. The summed E-state index contributed by atoms with van der Waals surface area (Å²) in [5.41, 5.74) is 0.581. The molecule has 2 aromatic carbocycles. The van der Waals surface area contributed by atoms with Crippen LogP contribution in [0.3, 0.4) is 0 Å². The minimum absolute atomic E-state index is 0.111. The van der Waals surface area contributed by atoms with Crippen LogP contribution < -0.4 is 14.8 Å². The lowest BCUT2D eigenvalue weighted by molar-refractivity contribution is -0.170. The summed E-state index contributed by atoms with van der Waals surface area (Å²) < 4.78 is 18.0. The van der Waals surface area contributed by atoms with Crippen molar-refractivity contribution in [1.29, 1.82) is 0 Å². The van der Waals surface area contributed by atoms with Gasteiger partial charge in [0.2, 0.25) is 0 Å². The molecule has 6 atom stereocenters. The van der Waals surface area contributed by atoms with Gasteiger partial charge in [0.25, 0.3) is 5.91 Å². The Morgan fingerprint density at radius 3 is 2.71 bits per heavy atom. The number of hydrogen-bond acceptors (Lipinski definition) is 8. The number of ether oxygens (including phenoxy) is 3. The smallest absolute Gasteiger partial charge is 0.333 e. The molecule has 200 valence electrons. The van der Waals surface area contributed by atoms with Crippen molar-refractivity contribution < 1.29 is 34.0 Å². The Morgan fingerprint density at radius 1 is 1.21 bits per heavy atom. The first-order chi connectivity index (χ1) is 18.2. The van der Waals surface area contributed by atoms with Crippen LogP contribution in [0.5, 0.6) is 11.5 Å². The van der Waals surface area contributed by atoms with E-state index >= 15 is 0 Å². The first kappa shape index (κ1) is 24.9. The number of hydrogen-bond donors (Lipinski definition) is 3. The lowest BCUT2D eigenvalue weighted by atomic mass is 9.50. The van der Waals surface area contributed by atoms with Gasteiger partial charge in [-0.25, -0.2) is 4.79 Å². The number of rotatable bonds is 6. The maximum atomic E-state index is 13.1. The standard InChI is InChI=1S/C29H32N2O7/c1-16(30-26(33)23(32)17-7-5-4-6-8-17)27(34)37-20-11-12-29(35)21-15-18-9-10-19(36-3)24-22(18)28(29,25(20)38-24)13-14-31(21)2/h4-11,16,21,23,25,32,35H,12-15H2,1-3H3,(H,30,33)/t16-,21-,23-,25+,28+,29-/m0/s1. The van der Waals surface area contributed by atoms with Crippen molar-refractivity contribution in [3.8, 4) is 11.5 Å².